The van der Waals surface area contributed by atoms with Crippen molar-refractivity contribution in [2.24, 2.45) is 0 Å². The van der Waals surface area contributed by atoms with Gasteiger partial charge in [0, 0.05) is 12.1 Å². The second kappa shape index (κ2) is 5.69. The minimum absolute atomic E-state index is 0.134. The molecule has 1 fully saturated rings. The van der Waals surface area contributed by atoms with E-state index in [1.807, 2.05) is 0 Å². The van der Waals surface area contributed by atoms with Crippen LogP contribution in [-0.2, 0) is 6.42 Å². The lowest BCUT2D eigenvalue weighted by Gasteiger charge is -2.23. The van der Waals surface area contributed by atoms with Crippen LogP contribution in [-0.4, -0.2) is 19.7 Å². The Labute approximate surface area is 106 Å². The molecule has 0 aliphatic carbocycles. The molecule has 0 amide bonds. The fraction of sp³-hybridized carbons (Fsp3) is 0.538. The average Bonchev–Trinajstić information content (AvgIpc) is 2.36. The summed E-state index contributed by atoms with van der Waals surface area (Å²) >= 11 is 5.84. The zero-order valence-corrected chi connectivity index (χ0v) is 10.7. The van der Waals surface area contributed by atoms with Gasteiger partial charge in [0.05, 0.1) is 12.1 Å². The smallest absolute Gasteiger partial charge is 0.145 e. The number of methoxy groups -OCH3 is 1. The monoisotopic (exact) mass is 257 g/mol. The van der Waals surface area contributed by atoms with Crippen molar-refractivity contribution < 1.29 is 9.13 Å². The number of halogens is 2. The minimum atomic E-state index is -0.320. The number of rotatable bonds is 3. The Morgan fingerprint density at radius 2 is 2.29 bits per heavy atom. The van der Waals surface area contributed by atoms with Gasteiger partial charge in [-0.2, -0.15) is 0 Å². The molecule has 0 aromatic heterocycles. The number of nitrogens with one attached hydrogen (secondary N) is 1. The van der Waals surface area contributed by atoms with Crippen LogP contribution in [0.15, 0.2) is 12.1 Å². The highest BCUT2D eigenvalue weighted by Crippen LogP contribution is 2.27. The molecular weight excluding hydrogens is 241 g/mol. The van der Waals surface area contributed by atoms with Gasteiger partial charge in [0.15, 0.2) is 0 Å². The first-order chi connectivity index (χ1) is 8.20. The van der Waals surface area contributed by atoms with E-state index in [0.717, 1.165) is 13.0 Å². The van der Waals surface area contributed by atoms with Crippen LogP contribution >= 0.6 is 11.6 Å². The molecule has 0 radical (unpaired) electrons. The van der Waals surface area contributed by atoms with Crippen LogP contribution in [0.4, 0.5) is 4.39 Å². The van der Waals surface area contributed by atoms with Crippen LogP contribution < -0.4 is 10.1 Å². The second-order valence-corrected chi connectivity index (χ2v) is 4.84. The third-order valence-electron chi connectivity index (χ3n) is 3.19. The van der Waals surface area contributed by atoms with Crippen molar-refractivity contribution >= 4 is 11.6 Å². The summed E-state index contributed by atoms with van der Waals surface area (Å²) in [5.74, 6) is 0.294. The summed E-state index contributed by atoms with van der Waals surface area (Å²) < 4.78 is 19.0. The van der Waals surface area contributed by atoms with Crippen molar-refractivity contribution in [2.45, 2.75) is 31.7 Å². The van der Waals surface area contributed by atoms with Crippen molar-refractivity contribution in [3.05, 3.63) is 28.5 Å². The number of ether oxygens (including phenoxy) is 1. The lowest BCUT2D eigenvalue weighted by atomic mass is 9.97. The van der Waals surface area contributed by atoms with Crippen LogP contribution in [0.1, 0.15) is 24.8 Å². The summed E-state index contributed by atoms with van der Waals surface area (Å²) in [5, 5.41) is 3.54. The van der Waals surface area contributed by atoms with Crippen LogP contribution in [0.5, 0.6) is 5.75 Å². The third kappa shape index (κ3) is 3.11. The van der Waals surface area contributed by atoms with E-state index in [-0.39, 0.29) is 10.8 Å². The predicted molar refractivity (Wildman–Crippen MR) is 67.3 cm³/mol. The number of hydrogen-bond acceptors (Lipinski definition) is 2. The van der Waals surface area contributed by atoms with Gasteiger partial charge in [-0.1, -0.05) is 18.0 Å². The molecule has 1 atom stereocenters. The molecule has 4 heteroatoms. The minimum Gasteiger partial charge on any atom is -0.497 e. The lowest BCUT2D eigenvalue weighted by Crippen LogP contribution is -2.35. The highest BCUT2D eigenvalue weighted by Gasteiger charge is 2.17. The van der Waals surface area contributed by atoms with E-state index < -0.39 is 0 Å². The van der Waals surface area contributed by atoms with Gasteiger partial charge in [-0.05, 0) is 37.4 Å². The average molecular weight is 258 g/mol. The first kappa shape index (κ1) is 12.7. The molecule has 2 rings (SSSR count). The van der Waals surface area contributed by atoms with Crippen molar-refractivity contribution in [2.75, 3.05) is 13.7 Å². The van der Waals surface area contributed by atoms with Crippen molar-refractivity contribution in [3.8, 4) is 5.75 Å². The molecule has 0 saturated carbocycles. The zero-order valence-electron chi connectivity index (χ0n) is 9.93. The molecule has 94 valence electrons. The first-order valence-corrected chi connectivity index (χ1v) is 6.34. The van der Waals surface area contributed by atoms with Gasteiger partial charge in [0.2, 0.25) is 0 Å². The lowest BCUT2D eigenvalue weighted by molar-refractivity contribution is 0.391. The van der Waals surface area contributed by atoms with Gasteiger partial charge >= 0.3 is 0 Å². The normalized spacial score (nSPS) is 20.3. The summed E-state index contributed by atoms with van der Waals surface area (Å²) in [6.07, 6.45) is 4.17. The van der Waals surface area contributed by atoms with Crippen LogP contribution in [0.25, 0.3) is 0 Å². The van der Waals surface area contributed by atoms with Crippen molar-refractivity contribution in [1.82, 2.24) is 5.32 Å². The molecule has 1 unspecified atom stereocenters. The molecule has 1 heterocycles. The molecule has 1 aliphatic rings. The van der Waals surface area contributed by atoms with Crippen LogP contribution in [0, 0.1) is 5.82 Å². The Balaban J connectivity index is 2.15. The van der Waals surface area contributed by atoms with E-state index >= 15 is 0 Å². The molecule has 1 aromatic rings. The highest BCUT2D eigenvalue weighted by atomic mass is 35.5. The quantitative estimate of drug-likeness (QED) is 0.898. The fourth-order valence-corrected chi connectivity index (χ4v) is 2.48. The Bertz CT molecular complexity index is 391. The van der Waals surface area contributed by atoms with E-state index in [4.69, 9.17) is 16.3 Å². The van der Waals surface area contributed by atoms with E-state index in [1.165, 1.54) is 18.9 Å². The predicted octanol–water partition coefficient (Wildman–Crippen LogP) is 3.17. The summed E-state index contributed by atoms with van der Waals surface area (Å²) in [6.45, 7) is 1.02. The van der Waals surface area contributed by atoms with Gasteiger partial charge < -0.3 is 10.1 Å². The van der Waals surface area contributed by atoms with Gasteiger partial charge in [0.25, 0.3) is 0 Å². The fourth-order valence-electron chi connectivity index (χ4n) is 2.25. The Morgan fingerprint density at radius 1 is 1.47 bits per heavy atom. The highest BCUT2D eigenvalue weighted by molar-refractivity contribution is 6.30. The molecule has 1 N–H and O–H groups in total. The summed E-state index contributed by atoms with van der Waals surface area (Å²) in [4.78, 5) is 0. The maximum atomic E-state index is 13.9. The molecular formula is C13H17ClFNO. The van der Waals surface area contributed by atoms with E-state index in [1.54, 1.807) is 13.2 Å². The Morgan fingerprint density at radius 3 is 2.94 bits per heavy atom. The molecule has 0 spiro atoms. The summed E-state index contributed by atoms with van der Waals surface area (Å²) in [5.41, 5.74) is 0.633. The standard InChI is InChI=1S/C13H17ClFNO/c1-17-11-7-9(13(15)12(14)8-11)6-10-4-2-3-5-16-10/h7-8,10,16H,2-6H2,1H3. The van der Waals surface area contributed by atoms with Crippen molar-refractivity contribution in [1.29, 1.82) is 0 Å². The molecule has 1 saturated heterocycles. The maximum Gasteiger partial charge on any atom is 0.145 e. The number of benzene rings is 1. The Kier molecular flexibility index (Phi) is 4.24. The van der Waals surface area contributed by atoms with E-state index in [0.29, 0.717) is 23.8 Å². The summed E-state index contributed by atoms with van der Waals surface area (Å²) in [6, 6.07) is 3.59. The van der Waals surface area contributed by atoms with Crippen LogP contribution in [0.3, 0.4) is 0 Å². The second-order valence-electron chi connectivity index (χ2n) is 4.43. The van der Waals surface area contributed by atoms with Gasteiger partial charge in [-0.25, -0.2) is 4.39 Å². The maximum absolute atomic E-state index is 13.9. The van der Waals surface area contributed by atoms with Gasteiger partial charge in [0.1, 0.15) is 11.6 Å². The molecule has 17 heavy (non-hydrogen) atoms. The van der Waals surface area contributed by atoms with E-state index in [9.17, 15) is 4.39 Å². The SMILES string of the molecule is COc1cc(Cl)c(F)c(CC2CCCCN2)c1. The van der Waals surface area contributed by atoms with Crippen molar-refractivity contribution in [3.63, 3.8) is 0 Å². The van der Waals surface area contributed by atoms with Gasteiger partial charge in [-0.3, -0.25) is 0 Å². The van der Waals surface area contributed by atoms with E-state index in [2.05, 4.69) is 5.32 Å². The molecule has 2 nitrogen and oxygen atoms in total. The Hall–Kier alpha value is -0.800. The number of piperidine rings is 1. The van der Waals surface area contributed by atoms with Crippen LogP contribution in [0.2, 0.25) is 5.02 Å². The summed E-state index contributed by atoms with van der Waals surface area (Å²) in [7, 11) is 1.56. The van der Waals surface area contributed by atoms with Gasteiger partial charge in [-0.15, -0.1) is 0 Å². The third-order valence-corrected chi connectivity index (χ3v) is 3.47. The zero-order chi connectivity index (χ0) is 12.3. The molecule has 0 bridgehead atoms. The molecule has 1 aromatic carbocycles. The number of hydrogen-bond donors (Lipinski definition) is 1. The topological polar surface area (TPSA) is 21.3 Å². The molecule has 1 aliphatic heterocycles. The first-order valence-electron chi connectivity index (χ1n) is 5.96. The largest absolute Gasteiger partial charge is 0.497 e.